The molecule has 1 saturated heterocycles. The van der Waals surface area contributed by atoms with E-state index in [1.807, 2.05) is 0 Å². The topological polar surface area (TPSA) is 99.0 Å². The third-order valence-electron chi connectivity index (χ3n) is 3.10. The summed E-state index contributed by atoms with van der Waals surface area (Å²) in [5.41, 5.74) is 1.24. The van der Waals surface area contributed by atoms with E-state index in [0.717, 1.165) is 0 Å². The molecule has 0 amide bonds. The molecule has 0 aromatic heterocycles. The van der Waals surface area contributed by atoms with Crippen LogP contribution in [0.15, 0.2) is 24.3 Å². The quantitative estimate of drug-likeness (QED) is 0.563. The van der Waals surface area contributed by atoms with Gasteiger partial charge in [0.25, 0.3) is 0 Å². The van der Waals surface area contributed by atoms with E-state index in [2.05, 4.69) is 5.32 Å². The molecule has 0 saturated carbocycles. The molecule has 104 valence electrons. The van der Waals surface area contributed by atoms with Crippen molar-refractivity contribution in [1.82, 2.24) is 0 Å². The molecule has 0 unspecified atom stereocenters. The lowest BCUT2D eigenvalue weighted by atomic mass is 10.0. The highest BCUT2D eigenvalue weighted by molar-refractivity contribution is 5.94. The number of benzene rings is 1. The highest BCUT2D eigenvalue weighted by Gasteiger charge is 2.37. The Balaban J connectivity index is 2.03. The molecular formula is C13H17NO5. The molecule has 1 aromatic rings. The molecule has 4 atom stereocenters. The van der Waals surface area contributed by atoms with Crippen molar-refractivity contribution in [1.29, 1.82) is 0 Å². The van der Waals surface area contributed by atoms with Gasteiger partial charge in [-0.05, 0) is 31.2 Å². The van der Waals surface area contributed by atoms with Crippen molar-refractivity contribution in [2.24, 2.45) is 0 Å². The number of carbonyl (C=O) groups excluding carboxylic acids is 1. The molecule has 6 nitrogen and oxygen atoms in total. The lowest BCUT2D eigenvalue weighted by Crippen LogP contribution is -2.55. The van der Waals surface area contributed by atoms with Crippen LogP contribution in [0.2, 0.25) is 0 Å². The summed E-state index contributed by atoms with van der Waals surface area (Å²) in [6, 6.07) is 6.69. The van der Waals surface area contributed by atoms with Gasteiger partial charge in [-0.2, -0.15) is 0 Å². The van der Waals surface area contributed by atoms with Gasteiger partial charge < -0.3 is 25.4 Å². The van der Waals surface area contributed by atoms with Crippen LogP contribution in [0.1, 0.15) is 17.3 Å². The van der Waals surface area contributed by atoms with Crippen LogP contribution in [-0.4, -0.2) is 52.2 Å². The largest absolute Gasteiger partial charge is 0.388 e. The summed E-state index contributed by atoms with van der Waals surface area (Å²) in [7, 11) is 0. The Labute approximate surface area is 110 Å². The molecule has 1 aromatic carbocycles. The number of carbonyl (C=O) groups is 1. The molecule has 0 spiro atoms. The van der Waals surface area contributed by atoms with Crippen molar-refractivity contribution in [3.8, 4) is 0 Å². The molecule has 0 bridgehead atoms. The number of aliphatic hydroxyl groups is 3. The number of nitrogens with one attached hydrogen (secondary N) is 1. The Morgan fingerprint density at radius 2 is 1.84 bits per heavy atom. The molecule has 1 heterocycles. The van der Waals surface area contributed by atoms with E-state index >= 15 is 0 Å². The fourth-order valence-electron chi connectivity index (χ4n) is 1.90. The first kappa shape index (κ1) is 14.0. The zero-order valence-corrected chi connectivity index (χ0v) is 10.5. The number of hydrogen-bond donors (Lipinski definition) is 4. The number of hydrogen-bond acceptors (Lipinski definition) is 6. The van der Waals surface area contributed by atoms with Gasteiger partial charge >= 0.3 is 0 Å². The average molecular weight is 267 g/mol. The Kier molecular flexibility index (Phi) is 4.16. The van der Waals surface area contributed by atoms with Crippen LogP contribution in [0.3, 0.4) is 0 Å². The highest BCUT2D eigenvalue weighted by atomic mass is 16.5. The van der Waals surface area contributed by atoms with Gasteiger partial charge in [-0.3, -0.25) is 4.79 Å². The average Bonchev–Trinajstić information content (AvgIpc) is 2.40. The van der Waals surface area contributed by atoms with Crippen molar-refractivity contribution in [2.45, 2.75) is 31.5 Å². The second kappa shape index (κ2) is 5.66. The van der Waals surface area contributed by atoms with Crippen molar-refractivity contribution >= 4 is 11.5 Å². The van der Waals surface area contributed by atoms with Crippen molar-refractivity contribution in [3.05, 3.63) is 29.8 Å². The summed E-state index contributed by atoms with van der Waals surface area (Å²) in [5, 5.41) is 31.5. The zero-order chi connectivity index (χ0) is 14.0. The van der Waals surface area contributed by atoms with E-state index in [1.54, 1.807) is 24.3 Å². The normalized spacial score (nSPS) is 30.9. The van der Waals surface area contributed by atoms with E-state index in [-0.39, 0.29) is 12.4 Å². The Morgan fingerprint density at radius 1 is 1.21 bits per heavy atom. The third kappa shape index (κ3) is 3.10. The molecule has 0 radical (unpaired) electrons. The van der Waals surface area contributed by atoms with Crippen LogP contribution in [0.5, 0.6) is 0 Å². The first-order chi connectivity index (χ1) is 8.99. The van der Waals surface area contributed by atoms with E-state index in [9.17, 15) is 20.1 Å². The van der Waals surface area contributed by atoms with Gasteiger partial charge in [0.2, 0.25) is 0 Å². The van der Waals surface area contributed by atoms with Gasteiger partial charge in [0.05, 0.1) is 6.61 Å². The number of rotatable bonds is 3. The van der Waals surface area contributed by atoms with Gasteiger partial charge in [0.15, 0.2) is 12.0 Å². The minimum atomic E-state index is -1.25. The van der Waals surface area contributed by atoms with Crippen molar-refractivity contribution in [2.75, 3.05) is 11.9 Å². The summed E-state index contributed by atoms with van der Waals surface area (Å²) >= 11 is 0. The molecule has 0 aliphatic carbocycles. The lowest BCUT2D eigenvalue weighted by Gasteiger charge is -2.35. The Bertz CT molecular complexity index is 447. The van der Waals surface area contributed by atoms with Crippen LogP contribution < -0.4 is 5.32 Å². The predicted octanol–water partition coefficient (Wildman–Crippen LogP) is -0.260. The summed E-state index contributed by atoms with van der Waals surface area (Å²) in [6.45, 7) is 1.43. The standard InChI is InChI=1S/C13H17NO5/c1-7(15)8-2-4-9(5-3-8)14-13-12(18)11(17)10(16)6-19-13/h2-5,10-14,16-18H,6H2,1H3/t10-,11+,12+,13+/m0/s1. The number of Topliss-reactive ketones (excluding diaryl/α,β-unsaturated/α-hetero) is 1. The zero-order valence-electron chi connectivity index (χ0n) is 10.5. The van der Waals surface area contributed by atoms with Crippen LogP contribution in [-0.2, 0) is 4.74 Å². The van der Waals surface area contributed by atoms with Crippen LogP contribution in [0.4, 0.5) is 5.69 Å². The molecular weight excluding hydrogens is 250 g/mol. The molecule has 1 aliphatic rings. The maximum atomic E-state index is 11.1. The molecule has 19 heavy (non-hydrogen) atoms. The van der Waals surface area contributed by atoms with E-state index < -0.39 is 24.5 Å². The smallest absolute Gasteiger partial charge is 0.159 e. The van der Waals surface area contributed by atoms with Gasteiger partial charge in [-0.1, -0.05) is 0 Å². The molecule has 2 rings (SSSR count). The SMILES string of the molecule is CC(=O)c1ccc(N[C@@H]2OC[C@H](O)[C@@H](O)[C@H]2O)cc1. The number of aliphatic hydroxyl groups excluding tert-OH is 3. The second-order valence-electron chi connectivity index (χ2n) is 4.58. The van der Waals surface area contributed by atoms with Gasteiger partial charge in [-0.25, -0.2) is 0 Å². The number of anilines is 1. The Hall–Kier alpha value is -1.47. The van der Waals surface area contributed by atoms with Gasteiger partial charge in [0.1, 0.15) is 18.3 Å². The number of ether oxygens (including phenoxy) is 1. The van der Waals surface area contributed by atoms with E-state index in [0.29, 0.717) is 11.3 Å². The first-order valence-corrected chi connectivity index (χ1v) is 6.02. The van der Waals surface area contributed by atoms with Crippen LogP contribution in [0, 0.1) is 0 Å². The first-order valence-electron chi connectivity index (χ1n) is 6.02. The minimum Gasteiger partial charge on any atom is -0.388 e. The van der Waals surface area contributed by atoms with Crippen LogP contribution in [0.25, 0.3) is 0 Å². The molecule has 1 fully saturated rings. The summed E-state index contributed by atoms with van der Waals surface area (Å²) in [5.74, 6) is -0.0287. The van der Waals surface area contributed by atoms with E-state index in [4.69, 9.17) is 4.74 Å². The molecule has 4 N–H and O–H groups in total. The fourth-order valence-corrected chi connectivity index (χ4v) is 1.90. The number of ketones is 1. The molecule has 1 aliphatic heterocycles. The van der Waals surface area contributed by atoms with Gasteiger partial charge in [-0.15, -0.1) is 0 Å². The summed E-state index contributed by atoms with van der Waals surface area (Å²) < 4.78 is 5.22. The maximum Gasteiger partial charge on any atom is 0.159 e. The van der Waals surface area contributed by atoms with E-state index in [1.165, 1.54) is 6.92 Å². The van der Waals surface area contributed by atoms with Gasteiger partial charge in [0, 0.05) is 11.3 Å². The molecule has 6 heteroatoms. The fraction of sp³-hybridized carbons (Fsp3) is 0.462. The van der Waals surface area contributed by atoms with Crippen molar-refractivity contribution in [3.63, 3.8) is 0 Å². The Morgan fingerprint density at radius 3 is 2.42 bits per heavy atom. The highest BCUT2D eigenvalue weighted by Crippen LogP contribution is 2.19. The van der Waals surface area contributed by atoms with Crippen molar-refractivity contribution < 1.29 is 24.9 Å². The monoisotopic (exact) mass is 267 g/mol. The predicted molar refractivity (Wildman–Crippen MR) is 67.8 cm³/mol. The van der Waals surface area contributed by atoms with Crippen LogP contribution >= 0.6 is 0 Å². The minimum absolute atomic E-state index is 0.0287. The lowest BCUT2D eigenvalue weighted by molar-refractivity contribution is -0.178. The summed E-state index contributed by atoms with van der Waals surface area (Å²) in [6.07, 6.45) is -4.37. The third-order valence-corrected chi connectivity index (χ3v) is 3.10. The summed E-state index contributed by atoms with van der Waals surface area (Å²) in [4.78, 5) is 11.1. The maximum absolute atomic E-state index is 11.1. The second-order valence-corrected chi connectivity index (χ2v) is 4.58.